The first-order valence-corrected chi connectivity index (χ1v) is 7.08. The van der Waals surface area contributed by atoms with Gasteiger partial charge in [-0.1, -0.05) is 17.8 Å². The summed E-state index contributed by atoms with van der Waals surface area (Å²) in [5, 5.41) is 11.7. The van der Waals surface area contributed by atoms with Gasteiger partial charge < -0.3 is 5.73 Å². The molecule has 2 N–H and O–H groups in total. The summed E-state index contributed by atoms with van der Waals surface area (Å²) in [6, 6.07) is 10.6. The van der Waals surface area contributed by atoms with Gasteiger partial charge in [-0.25, -0.2) is 4.98 Å². The molecule has 5 nitrogen and oxygen atoms in total. The molecule has 2 rings (SSSR count). The van der Waals surface area contributed by atoms with Gasteiger partial charge in [-0.05, 0) is 43.1 Å². The van der Waals surface area contributed by atoms with Gasteiger partial charge in [-0.2, -0.15) is 0 Å². The van der Waals surface area contributed by atoms with Crippen molar-refractivity contribution in [3.8, 4) is 0 Å². The second-order valence-electron chi connectivity index (χ2n) is 4.21. The van der Waals surface area contributed by atoms with Crippen molar-refractivity contribution in [1.82, 2.24) is 4.98 Å². The summed E-state index contributed by atoms with van der Waals surface area (Å²) in [6.45, 7) is 0.566. The van der Waals surface area contributed by atoms with Gasteiger partial charge >= 0.3 is 0 Å². The number of hydrogen-bond acceptors (Lipinski definition) is 5. The van der Waals surface area contributed by atoms with Crippen molar-refractivity contribution >= 4 is 17.4 Å². The molecule has 0 radical (unpaired) electrons. The average molecular weight is 289 g/mol. The zero-order valence-corrected chi connectivity index (χ0v) is 11.7. The summed E-state index contributed by atoms with van der Waals surface area (Å²) in [5.74, 6) is 0. The molecule has 0 atom stereocenters. The smallest absolute Gasteiger partial charge is 0.269 e. The molecule has 0 fully saturated rings. The molecule has 0 aliphatic rings. The lowest BCUT2D eigenvalue weighted by Crippen LogP contribution is -2.01. The first-order chi connectivity index (χ1) is 9.70. The van der Waals surface area contributed by atoms with Crippen LogP contribution in [0.4, 0.5) is 5.69 Å². The molecule has 2 aromatic rings. The van der Waals surface area contributed by atoms with Crippen LogP contribution in [0.5, 0.6) is 0 Å². The number of nitro benzene ring substituents is 1. The van der Waals surface area contributed by atoms with Gasteiger partial charge in [0.05, 0.1) is 4.92 Å². The van der Waals surface area contributed by atoms with E-state index in [4.69, 9.17) is 5.73 Å². The van der Waals surface area contributed by atoms with Crippen molar-refractivity contribution in [1.29, 1.82) is 0 Å². The minimum Gasteiger partial charge on any atom is -0.330 e. The number of non-ortho nitro benzene ring substituents is 1. The van der Waals surface area contributed by atoms with Crippen LogP contribution in [0.2, 0.25) is 0 Å². The Hall–Kier alpha value is -1.92. The number of benzene rings is 1. The fourth-order valence-electron chi connectivity index (χ4n) is 1.79. The third kappa shape index (κ3) is 3.79. The number of nitro groups is 1. The topological polar surface area (TPSA) is 82.0 Å². The molecule has 0 spiro atoms. The van der Waals surface area contributed by atoms with Crippen molar-refractivity contribution in [3.63, 3.8) is 0 Å². The lowest BCUT2D eigenvalue weighted by Gasteiger charge is -2.08. The molecule has 0 saturated heterocycles. The van der Waals surface area contributed by atoms with Gasteiger partial charge in [0.2, 0.25) is 0 Å². The number of rotatable bonds is 6. The first kappa shape index (κ1) is 14.5. The summed E-state index contributed by atoms with van der Waals surface area (Å²) in [7, 11) is 0. The molecule has 1 heterocycles. The van der Waals surface area contributed by atoms with Gasteiger partial charge in [0, 0.05) is 23.2 Å². The van der Waals surface area contributed by atoms with Crippen molar-refractivity contribution in [2.24, 2.45) is 5.73 Å². The van der Waals surface area contributed by atoms with Crippen LogP contribution >= 0.6 is 11.8 Å². The molecule has 0 aliphatic carbocycles. The molecule has 6 heteroatoms. The van der Waals surface area contributed by atoms with Gasteiger partial charge in [0.1, 0.15) is 5.03 Å². The van der Waals surface area contributed by atoms with Crippen LogP contribution in [0.3, 0.4) is 0 Å². The maximum absolute atomic E-state index is 10.9. The summed E-state index contributed by atoms with van der Waals surface area (Å²) < 4.78 is 0. The van der Waals surface area contributed by atoms with Crippen molar-refractivity contribution in [3.05, 3.63) is 58.3 Å². The molecule has 20 heavy (non-hydrogen) atoms. The standard InChI is InChI=1S/C14H15N3O2S/c15-8-3-4-11-10-12(17(18)19)6-7-13(11)20-14-5-1-2-9-16-14/h1-2,5-7,9-10H,3-4,8,15H2. The predicted molar refractivity (Wildman–Crippen MR) is 78.8 cm³/mol. The van der Waals surface area contributed by atoms with E-state index in [1.165, 1.54) is 17.8 Å². The van der Waals surface area contributed by atoms with E-state index in [1.54, 1.807) is 18.3 Å². The Bertz CT molecular complexity index is 590. The Kier molecular flexibility index (Phi) is 5.09. The minimum absolute atomic E-state index is 0.113. The summed E-state index contributed by atoms with van der Waals surface area (Å²) >= 11 is 1.51. The van der Waals surface area contributed by atoms with Gasteiger partial charge in [0.25, 0.3) is 5.69 Å². The molecular formula is C14H15N3O2S. The van der Waals surface area contributed by atoms with Crippen molar-refractivity contribution in [2.45, 2.75) is 22.8 Å². The van der Waals surface area contributed by atoms with Crippen molar-refractivity contribution < 1.29 is 4.92 Å². The maximum atomic E-state index is 10.9. The highest BCUT2D eigenvalue weighted by molar-refractivity contribution is 7.99. The fourth-order valence-corrected chi connectivity index (χ4v) is 2.70. The maximum Gasteiger partial charge on any atom is 0.269 e. The molecule has 1 aromatic heterocycles. The Morgan fingerprint density at radius 3 is 2.80 bits per heavy atom. The Labute approximate surface area is 121 Å². The van der Waals surface area contributed by atoms with Gasteiger partial charge in [0.15, 0.2) is 0 Å². The van der Waals surface area contributed by atoms with E-state index < -0.39 is 0 Å². The summed E-state index contributed by atoms with van der Waals surface area (Å²) in [5.41, 5.74) is 6.58. The third-order valence-corrected chi connectivity index (χ3v) is 3.83. The van der Waals surface area contributed by atoms with Crippen LogP contribution in [0.1, 0.15) is 12.0 Å². The van der Waals surface area contributed by atoms with E-state index in [9.17, 15) is 10.1 Å². The van der Waals surface area contributed by atoms with Crippen LogP contribution < -0.4 is 5.73 Å². The molecule has 0 aliphatic heterocycles. The monoisotopic (exact) mass is 289 g/mol. The SMILES string of the molecule is NCCCc1cc([N+](=O)[O-])ccc1Sc1ccccn1. The highest BCUT2D eigenvalue weighted by Gasteiger charge is 2.12. The quantitative estimate of drug-likeness (QED) is 0.653. The van der Waals surface area contributed by atoms with Gasteiger partial charge in [-0.15, -0.1) is 0 Å². The largest absolute Gasteiger partial charge is 0.330 e. The number of aromatic nitrogens is 1. The van der Waals surface area contributed by atoms with E-state index in [2.05, 4.69) is 4.98 Å². The van der Waals surface area contributed by atoms with E-state index in [0.717, 1.165) is 28.3 Å². The number of hydrogen-bond donors (Lipinski definition) is 1. The number of nitrogens with two attached hydrogens (primary N) is 1. The van der Waals surface area contributed by atoms with Crippen molar-refractivity contribution in [2.75, 3.05) is 6.54 Å². The Morgan fingerprint density at radius 2 is 2.15 bits per heavy atom. The van der Waals surface area contributed by atoms with Crippen LogP contribution in [0.15, 0.2) is 52.5 Å². The molecule has 0 unspecified atom stereocenters. The highest BCUT2D eigenvalue weighted by Crippen LogP contribution is 2.31. The highest BCUT2D eigenvalue weighted by atomic mass is 32.2. The Morgan fingerprint density at radius 1 is 1.30 bits per heavy atom. The molecular weight excluding hydrogens is 274 g/mol. The van der Waals surface area contributed by atoms with Crippen LogP contribution in [-0.4, -0.2) is 16.5 Å². The summed E-state index contributed by atoms with van der Waals surface area (Å²) in [6.07, 6.45) is 3.26. The second-order valence-corrected chi connectivity index (χ2v) is 5.27. The van der Waals surface area contributed by atoms with Crippen LogP contribution in [0.25, 0.3) is 0 Å². The first-order valence-electron chi connectivity index (χ1n) is 6.27. The third-order valence-electron chi connectivity index (χ3n) is 2.76. The van der Waals surface area contributed by atoms with E-state index >= 15 is 0 Å². The normalized spacial score (nSPS) is 10.4. The van der Waals surface area contributed by atoms with E-state index in [-0.39, 0.29) is 10.6 Å². The second kappa shape index (κ2) is 7.02. The average Bonchev–Trinajstić information content (AvgIpc) is 2.47. The molecule has 104 valence electrons. The van der Waals surface area contributed by atoms with E-state index in [1.807, 2.05) is 18.2 Å². The number of nitrogens with zero attached hydrogens (tertiary/aromatic N) is 2. The molecule has 0 amide bonds. The fraction of sp³-hybridized carbons (Fsp3) is 0.214. The zero-order valence-electron chi connectivity index (χ0n) is 10.9. The Balaban J connectivity index is 2.28. The molecule has 0 bridgehead atoms. The lowest BCUT2D eigenvalue weighted by molar-refractivity contribution is -0.385. The number of aryl methyl sites for hydroxylation is 1. The van der Waals surface area contributed by atoms with Crippen LogP contribution in [-0.2, 0) is 6.42 Å². The van der Waals surface area contributed by atoms with E-state index in [0.29, 0.717) is 6.54 Å². The predicted octanol–water partition coefficient (Wildman–Crippen LogP) is 3.03. The summed E-state index contributed by atoms with van der Waals surface area (Å²) in [4.78, 5) is 15.7. The number of pyridine rings is 1. The lowest BCUT2D eigenvalue weighted by atomic mass is 10.1. The molecule has 0 saturated carbocycles. The minimum atomic E-state index is -0.374. The zero-order chi connectivity index (χ0) is 14.4. The molecule has 1 aromatic carbocycles. The van der Waals surface area contributed by atoms with Crippen LogP contribution in [0, 0.1) is 10.1 Å². The van der Waals surface area contributed by atoms with Gasteiger partial charge in [-0.3, -0.25) is 10.1 Å².